The molecule has 7 nitrogen and oxygen atoms in total. The standard InChI is InChI=1S/C21H29N5O2S/c1-20(2,3)17(27)25-11-13-26(14-12-25)19(28)22-18-24-23-16(29-18)21(4,5)15-9-7-6-8-10-15/h6-10H,11-14H2,1-5H3,(H,22,24,28). The van der Waals surface area contributed by atoms with Crippen LogP contribution in [0.15, 0.2) is 30.3 Å². The van der Waals surface area contributed by atoms with E-state index in [0.717, 1.165) is 10.6 Å². The number of rotatable bonds is 3. The number of carbonyl (C=O) groups is 2. The van der Waals surface area contributed by atoms with Crippen LogP contribution in [0.25, 0.3) is 0 Å². The number of nitrogens with zero attached hydrogens (tertiary/aromatic N) is 4. The quantitative estimate of drug-likeness (QED) is 0.831. The fourth-order valence-electron chi connectivity index (χ4n) is 3.26. The minimum absolute atomic E-state index is 0.120. The first-order valence-corrected chi connectivity index (χ1v) is 10.7. The van der Waals surface area contributed by atoms with Crippen molar-refractivity contribution in [1.82, 2.24) is 20.0 Å². The van der Waals surface area contributed by atoms with E-state index in [1.165, 1.54) is 11.3 Å². The molecule has 0 unspecified atom stereocenters. The summed E-state index contributed by atoms with van der Waals surface area (Å²) in [7, 11) is 0. The Morgan fingerprint density at radius 1 is 0.931 bits per heavy atom. The number of carbonyl (C=O) groups excluding carboxylic acids is 2. The number of nitrogens with one attached hydrogen (secondary N) is 1. The number of benzene rings is 1. The molecule has 3 rings (SSSR count). The number of piperazine rings is 1. The SMILES string of the molecule is CC(C)(C)C(=O)N1CCN(C(=O)Nc2nnc(C(C)(C)c3ccccc3)s2)CC1. The summed E-state index contributed by atoms with van der Waals surface area (Å²) in [4.78, 5) is 28.6. The summed E-state index contributed by atoms with van der Waals surface area (Å²) in [5, 5.41) is 12.7. The van der Waals surface area contributed by atoms with Crippen LogP contribution in [0.4, 0.5) is 9.93 Å². The maximum Gasteiger partial charge on any atom is 0.323 e. The monoisotopic (exact) mass is 415 g/mol. The summed E-state index contributed by atoms with van der Waals surface area (Å²) in [6.45, 7) is 12.1. The third-order valence-electron chi connectivity index (χ3n) is 5.16. The van der Waals surface area contributed by atoms with Gasteiger partial charge < -0.3 is 9.80 Å². The molecule has 1 aromatic heterocycles. The maximum atomic E-state index is 12.6. The van der Waals surface area contributed by atoms with Crippen molar-refractivity contribution in [2.24, 2.45) is 5.41 Å². The van der Waals surface area contributed by atoms with Crippen LogP contribution in [0.5, 0.6) is 0 Å². The normalized spacial score (nSPS) is 15.3. The zero-order valence-electron chi connectivity index (χ0n) is 17.7. The van der Waals surface area contributed by atoms with Gasteiger partial charge in [-0.2, -0.15) is 0 Å². The molecule has 29 heavy (non-hydrogen) atoms. The Balaban J connectivity index is 1.59. The molecule has 8 heteroatoms. The summed E-state index contributed by atoms with van der Waals surface area (Å²) in [5.41, 5.74) is 0.452. The van der Waals surface area contributed by atoms with Crippen molar-refractivity contribution in [3.63, 3.8) is 0 Å². The Hall–Kier alpha value is -2.48. The van der Waals surface area contributed by atoms with Gasteiger partial charge in [0.2, 0.25) is 11.0 Å². The molecule has 0 radical (unpaired) electrons. The molecule has 0 saturated carbocycles. The lowest BCUT2D eigenvalue weighted by atomic mass is 9.85. The molecular weight excluding hydrogens is 386 g/mol. The first-order chi connectivity index (χ1) is 13.6. The van der Waals surface area contributed by atoms with E-state index in [0.29, 0.717) is 31.3 Å². The van der Waals surface area contributed by atoms with E-state index in [1.807, 2.05) is 43.9 Å². The van der Waals surface area contributed by atoms with Crippen LogP contribution in [-0.2, 0) is 10.2 Å². The predicted molar refractivity (Wildman–Crippen MR) is 115 cm³/mol. The molecular formula is C21H29N5O2S. The molecule has 2 heterocycles. The predicted octanol–water partition coefficient (Wildman–Crippen LogP) is 3.59. The largest absolute Gasteiger partial charge is 0.339 e. The van der Waals surface area contributed by atoms with Crippen LogP contribution in [0, 0.1) is 5.41 Å². The highest BCUT2D eigenvalue weighted by atomic mass is 32.1. The van der Waals surface area contributed by atoms with Crippen molar-refractivity contribution in [1.29, 1.82) is 0 Å². The van der Waals surface area contributed by atoms with Gasteiger partial charge in [0, 0.05) is 37.0 Å². The van der Waals surface area contributed by atoms with Gasteiger partial charge in [-0.3, -0.25) is 10.1 Å². The molecule has 1 N–H and O–H groups in total. The van der Waals surface area contributed by atoms with Crippen molar-refractivity contribution in [2.45, 2.75) is 40.0 Å². The fraction of sp³-hybridized carbons (Fsp3) is 0.524. The molecule has 1 aromatic carbocycles. The van der Waals surface area contributed by atoms with E-state index < -0.39 is 5.41 Å². The number of amides is 3. The Bertz CT molecular complexity index is 865. The van der Waals surface area contributed by atoms with E-state index in [1.54, 1.807) is 4.90 Å². The molecule has 1 saturated heterocycles. The first kappa shape index (κ1) is 21.2. The average Bonchev–Trinajstić information content (AvgIpc) is 3.17. The summed E-state index contributed by atoms with van der Waals surface area (Å²) in [5.74, 6) is 0.120. The molecule has 2 aromatic rings. The van der Waals surface area contributed by atoms with Gasteiger partial charge in [-0.15, -0.1) is 10.2 Å². The van der Waals surface area contributed by atoms with Crippen molar-refractivity contribution in [3.05, 3.63) is 40.9 Å². The molecule has 0 aliphatic carbocycles. The minimum atomic E-state index is -0.404. The van der Waals surface area contributed by atoms with Gasteiger partial charge >= 0.3 is 6.03 Å². The van der Waals surface area contributed by atoms with E-state index in [2.05, 4.69) is 41.5 Å². The van der Waals surface area contributed by atoms with Crippen LogP contribution in [0.2, 0.25) is 0 Å². The number of urea groups is 1. The zero-order valence-corrected chi connectivity index (χ0v) is 18.5. The first-order valence-electron chi connectivity index (χ1n) is 9.84. The van der Waals surface area contributed by atoms with Gasteiger partial charge in [-0.25, -0.2) is 4.79 Å². The van der Waals surface area contributed by atoms with Gasteiger partial charge in [0.05, 0.1) is 0 Å². The number of hydrogen-bond acceptors (Lipinski definition) is 5. The van der Waals surface area contributed by atoms with Crippen molar-refractivity contribution in [2.75, 3.05) is 31.5 Å². The minimum Gasteiger partial charge on any atom is -0.339 e. The van der Waals surface area contributed by atoms with E-state index in [4.69, 9.17) is 0 Å². The summed E-state index contributed by atoms with van der Waals surface area (Å²) < 4.78 is 0. The number of anilines is 1. The Morgan fingerprint density at radius 3 is 2.10 bits per heavy atom. The average molecular weight is 416 g/mol. The van der Waals surface area contributed by atoms with Gasteiger partial charge in [0.15, 0.2) is 0 Å². The third-order valence-corrected chi connectivity index (χ3v) is 6.33. The number of aromatic nitrogens is 2. The summed E-state index contributed by atoms with van der Waals surface area (Å²) in [6.07, 6.45) is 0. The molecule has 156 valence electrons. The Kier molecular flexibility index (Phi) is 5.93. The molecule has 1 fully saturated rings. The Labute approximate surface area is 176 Å². The lowest BCUT2D eigenvalue weighted by Crippen LogP contribution is -2.53. The van der Waals surface area contributed by atoms with Gasteiger partial charge in [0.25, 0.3) is 0 Å². The van der Waals surface area contributed by atoms with Gasteiger partial charge in [-0.1, -0.05) is 62.4 Å². The van der Waals surface area contributed by atoms with Crippen molar-refractivity contribution >= 4 is 28.4 Å². The lowest BCUT2D eigenvalue weighted by molar-refractivity contribution is -0.140. The second-order valence-corrected chi connectivity index (χ2v) is 9.84. The number of hydrogen-bond donors (Lipinski definition) is 1. The Morgan fingerprint density at radius 2 is 1.52 bits per heavy atom. The fourth-order valence-corrected chi connectivity index (χ4v) is 4.12. The van der Waals surface area contributed by atoms with Crippen molar-refractivity contribution in [3.8, 4) is 0 Å². The highest BCUT2D eigenvalue weighted by Crippen LogP contribution is 2.34. The van der Waals surface area contributed by atoms with E-state index >= 15 is 0 Å². The molecule has 0 bridgehead atoms. The van der Waals surface area contributed by atoms with Crippen LogP contribution in [0.1, 0.15) is 45.2 Å². The smallest absolute Gasteiger partial charge is 0.323 e. The molecule has 1 aliphatic rings. The molecule has 3 amide bonds. The van der Waals surface area contributed by atoms with Crippen LogP contribution in [0.3, 0.4) is 0 Å². The topological polar surface area (TPSA) is 78.4 Å². The molecule has 1 aliphatic heterocycles. The van der Waals surface area contributed by atoms with E-state index in [9.17, 15) is 9.59 Å². The zero-order chi connectivity index (χ0) is 21.2. The highest BCUT2D eigenvalue weighted by Gasteiger charge is 2.32. The van der Waals surface area contributed by atoms with Crippen LogP contribution < -0.4 is 5.32 Å². The van der Waals surface area contributed by atoms with E-state index in [-0.39, 0.29) is 17.4 Å². The van der Waals surface area contributed by atoms with Crippen LogP contribution in [-0.4, -0.2) is 58.1 Å². The molecule has 0 atom stereocenters. The maximum absolute atomic E-state index is 12.6. The second-order valence-electron chi connectivity index (χ2n) is 8.86. The third kappa shape index (κ3) is 4.75. The van der Waals surface area contributed by atoms with Gasteiger partial charge in [0.1, 0.15) is 5.01 Å². The highest BCUT2D eigenvalue weighted by molar-refractivity contribution is 7.15. The summed E-state index contributed by atoms with van der Waals surface area (Å²) >= 11 is 1.39. The lowest BCUT2D eigenvalue weighted by Gasteiger charge is -2.37. The second kappa shape index (κ2) is 8.10. The van der Waals surface area contributed by atoms with Gasteiger partial charge in [-0.05, 0) is 19.4 Å². The molecule has 0 spiro atoms. The van der Waals surface area contributed by atoms with Crippen molar-refractivity contribution < 1.29 is 9.59 Å². The summed E-state index contributed by atoms with van der Waals surface area (Å²) in [6, 6.07) is 9.93. The van der Waals surface area contributed by atoms with Crippen LogP contribution >= 0.6 is 11.3 Å².